The fraction of sp³-hybridized carbons (Fsp3) is 0.455. The molecule has 4 aliphatic rings. The van der Waals surface area contributed by atoms with Crippen molar-refractivity contribution in [2.24, 2.45) is 5.92 Å². The van der Waals surface area contributed by atoms with Gasteiger partial charge in [-0.25, -0.2) is 19.6 Å². The number of esters is 1. The Balaban J connectivity index is 1.07. The van der Waals surface area contributed by atoms with Crippen LogP contribution >= 0.6 is 11.3 Å². The lowest BCUT2D eigenvalue weighted by Gasteiger charge is -2.29. The van der Waals surface area contributed by atoms with Crippen LogP contribution in [-0.4, -0.2) is 81.7 Å². The summed E-state index contributed by atoms with van der Waals surface area (Å²) < 4.78 is 18.2. The first-order chi connectivity index (χ1) is 27.9. The third-order valence-corrected chi connectivity index (χ3v) is 12.4. The molecule has 2 saturated carbocycles. The van der Waals surface area contributed by atoms with E-state index in [2.05, 4.69) is 16.7 Å². The number of allylic oxidation sites excluding steroid dienone is 1. The van der Waals surface area contributed by atoms with Crippen LogP contribution in [0.1, 0.15) is 76.2 Å². The van der Waals surface area contributed by atoms with Gasteiger partial charge < -0.3 is 29.7 Å². The van der Waals surface area contributed by atoms with Gasteiger partial charge in [-0.2, -0.15) is 0 Å². The summed E-state index contributed by atoms with van der Waals surface area (Å²) in [6, 6.07) is 19.3. The molecule has 5 atom stereocenters. The second kappa shape index (κ2) is 17.5. The molecule has 13 heteroatoms. The molecule has 2 aliphatic carbocycles. The summed E-state index contributed by atoms with van der Waals surface area (Å²) in [6.45, 7) is 0.230. The van der Waals surface area contributed by atoms with Gasteiger partial charge in [0, 0.05) is 18.8 Å². The lowest BCUT2D eigenvalue weighted by Crippen LogP contribution is -2.56. The summed E-state index contributed by atoms with van der Waals surface area (Å²) in [6.07, 6.45) is 10.9. The van der Waals surface area contributed by atoms with Crippen LogP contribution < -0.4 is 15.4 Å². The summed E-state index contributed by atoms with van der Waals surface area (Å²) >= 11 is 1.51. The van der Waals surface area contributed by atoms with Crippen LogP contribution in [0.25, 0.3) is 21.6 Å². The summed E-state index contributed by atoms with van der Waals surface area (Å²) in [5, 5.41) is 7.90. The van der Waals surface area contributed by atoms with Crippen LogP contribution in [0.5, 0.6) is 5.88 Å². The molecule has 2 N–H and O–H groups in total. The maximum absolute atomic E-state index is 14.7. The number of para-hydroxylation sites is 2. The predicted octanol–water partition coefficient (Wildman–Crippen LogP) is 6.93. The molecule has 8 rings (SSSR count). The summed E-state index contributed by atoms with van der Waals surface area (Å²) in [5.41, 5.74) is 1.73. The molecule has 4 heterocycles. The Morgan fingerprint density at radius 2 is 1.67 bits per heavy atom. The Labute approximate surface area is 336 Å². The number of aromatic nitrogens is 2. The molecule has 298 valence electrons. The van der Waals surface area contributed by atoms with E-state index in [0.717, 1.165) is 55.4 Å². The molecule has 1 saturated heterocycles. The van der Waals surface area contributed by atoms with Crippen LogP contribution in [-0.2, 0) is 30.3 Å². The number of carbonyl (C=O) groups excluding carboxylic acids is 4. The van der Waals surface area contributed by atoms with E-state index in [4.69, 9.17) is 24.2 Å². The molecule has 0 unspecified atom stereocenters. The normalized spacial score (nSPS) is 25.4. The molecule has 0 bridgehead atoms. The zero-order chi connectivity index (χ0) is 39.2. The number of hydrogen-bond acceptors (Lipinski definition) is 10. The second-order valence-corrected chi connectivity index (χ2v) is 16.5. The third kappa shape index (κ3) is 8.98. The number of carbonyl (C=O) groups is 4. The molecular formula is C44H49N5O7S. The molecule has 57 heavy (non-hydrogen) atoms. The molecule has 0 spiro atoms. The lowest BCUT2D eigenvalue weighted by molar-refractivity contribution is -0.150. The fourth-order valence-electron chi connectivity index (χ4n) is 8.30. The average Bonchev–Trinajstić information content (AvgIpc) is 3.72. The minimum atomic E-state index is -1.25. The van der Waals surface area contributed by atoms with Gasteiger partial charge in [0.1, 0.15) is 35.5 Å². The van der Waals surface area contributed by atoms with Crippen LogP contribution in [0.2, 0.25) is 0 Å². The molecule has 12 nitrogen and oxygen atoms in total. The predicted molar refractivity (Wildman–Crippen MR) is 215 cm³/mol. The number of nitrogens with one attached hydrogen (secondary N) is 2. The van der Waals surface area contributed by atoms with E-state index in [1.165, 1.54) is 16.2 Å². The van der Waals surface area contributed by atoms with Crippen molar-refractivity contribution in [3.8, 4) is 16.5 Å². The van der Waals surface area contributed by atoms with E-state index in [1.54, 1.807) is 0 Å². The van der Waals surface area contributed by atoms with Crippen molar-refractivity contribution >= 4 is 46.2 Å². The highest BCUT2D eigenvalue weighted by atomic mass is 32.1. The minimum Gasteiger partial charge on any atom is -0.471 e. The Hall–Kier alpha value is -5.30. The number of benzene rings is 2. The number of alkyl carbamates (subject to hydrolysis) is 1. The van der Waals surface area contributed by atoms with Gasteiger partial charge in [-0.1, -0.05) is 73.5 Å². The van der Waals surface area contributed by atoms with Gasteiger partial charge in [0.15, 0.2) is 0 Å². The lowest BCUT2D eigenvalue weighted by atomic mass is 10.0. The number of nitrogens with zero attached hydrogens (tertiary/aromatic N) is 3. The van der Waals surface area contributed by atoms with E-state index in [0.29, 0.717) is 48.3 Å². The Morgan fingerprint density at radius 1 is 0.895 bits per heavy atom. The quantitative estimate of drug-likeness (QED) is 0.136. The van der Waals surface area contributed by atoms with Crippen LogP contribution in [0.15, 0.2) is 84.3 Å². The van der Waals surface area contributed by atoms with Crippen molar-refractivity contribution in [3.05, 3.63) is 89.8 Å². The smallest absolute Gasteiger partial charge is 0.408 e. The van der Waals surface area contributed by atoms with Gasteiger partial charge in [-0.15, -0.1) is 11.3 Å². The first kappa shape index (κ1) is 38.6. The van der Waals surface area contributed by atoms with Crippen LogP contribution in [0.3, 0.4) is 0 Å². The van der Waals surface area contributed by atoms with Crippen molar-refractivity contribution in [3.63, 3.8) is 0 Å². The molecule has 2 aromatic carbocycles. The standard InChI is InChI=1S/C44H49N5O7S/c50-39-36-26-32(55-40-38(37-22-13-25-57-37)45-33-19-11-12-20-34(33)46-40)28-49(36)41(51)35(47-43(53)56-31-17-9-10-18-31)21-8-3-1-2-7-16-30-27-44(30,48-39)42(52)54-24-23-29-14-5-4-6-15-29/h4-7,11-16,19-20,22,25,30-32,35-36H,1-3,8-10,17-18,21,23-24,26-28H2,(H,47,53)(H,48,50)/t30-,32+,35-,36+,44+/m1/s1. The first-order valence-corrected chi connectivity index (χ1v) is 21.2. The Bertz CT molecular complexity index is 2090. The van der Waals surface area contributed by atoms with Gasteiger partial charge in [0.05, 0.1) is 29.1 Å². The van der Waals surface area contributed by atoms with E-state index < -0.39 is 47.6 Å². The second-order valence-electron chi connectivity index (χ2n) is 15.5. The SMILES string of the molecule is O=C(N[C@@H]1CCCCCC=C[C@@H]2C[C@]2(C(=O)OCCc2ccccc2)NC(=O)[C@@H]2C[C@H](Oc3nc4ccccc4nc3-c3cccs3)CN2C1=O)OC1CCCC1. The van der Waals surface area contributed by atoms with Crippen LogP contribution in [0, 0.1) is 5.92 Å². The molecular weight excluding hydrogens is 743 g/mol. The first-order valence-electron chi connectivity index (χ1n) is 20.3. The highest BCUT2D eigenvalue weighted by Crippen LogP contribution is 2.46. The largest absolute Gasteiger partial charge is 0.471 e. The highest BCUT2D eigenvalue weighted by molar-refractivity contribution is 7.13. The van der Waals surface area contributed by atoms with Gasteiger partial charge in [0.25, 0.3) is 0 Å². The topological polar surface area (TPSA) is 149 Å². The van der Waals surface area contributed by atoms with Crippen molar-refractivity contribution in [2.45, 2.75) is 107 Å². The summed E-state index contributed by atoms with van der Waals surface area (Å²) in [7, 11) is 0. The molecule has 2 aliphatic heterocycles. The van der Waals surface area contributed by atoms with E-state index in [9.17, 15) is 19.2 Å². The Morgan fingerprint density at radius 3 is 2.46 bits per heavy atom. The number of hydrogen-bond donors (Lipinski definition) is 2. The van der Waals surface area contributed by atoms with E-state index in [1.807, 2.05) is 78.2 Å². The maximum atomic E-state index is 14.7. The molecule has 4 aromatic rings. The zero-order valence-electron chi connectivity index (χ0n) is 32.0. The van der Waals surface area contributed by atoms with Gasteiger partial charge in [-0.05, 0) is 80.5 Å². The number of fused-ring (bicyclic) bond motifs is 3. The van der Waals surface area contributed by atoms with Gasteiger partial charge in [0.2, 0.25) is 17.7 Å². The molecule has 3 fully saturated rings. The third-order valence-electron chi connectivity index (χ3n) is 11.5. The number of rotatable bonds is 9. The molecule has 3 amide bonds. The van der Waals surface area contributed by atoms with Crippen LogP contribution in [0.4, 0.5) is 4.79 Å². The van der Waals surface area contributed by atoms with Crippen molar-refractivity contribution in [1.29, 1.82) is 0 Å². The monoisotopic (exact) mass is 791 g/mol. The summed E-state index contributed by atoms with van der Waals surface area (Å²) in [4.78, 5) is 68.5. The maximum Gasteiger partial charge on any atom is 0.408 e. The molecule has 2 aromatic heterocycles. The van der Waals surface area contributed by atoms with E-state index >= 15 is 0 Å². The number of thiophene rings is 1. The van der Waals surface area contributed by atoms with Gasteiger partial charge >= 0.3 is 12.1 Å². The van der Waals surface area contributed by atoms with Gasteiger partial charge in [-0.3, -0.25) is 9.59 Å². The fourth-order valence-corrected chi connectivity index (χ4v) is 9.01. The molecule has 0 radical (unpaired) electrons. The van der Waals surface area contributed by atoms with Crippen molar-refractivity contribution in [1.82, 2.24) is 25.5 Å². The van der Waals surface area contributed by atoms with Crippen molar-refractivity contribution < 1.29 is 33.4 Å². The van der Waals surface area contributed by atoms with E-state index in [-0.39, 0.29) is 31.6 Å². The minimum absolute atomic E-state index is 0.0585. The van der Waals surface area contributed by atoms with Crippen molar-refractivity contribution in [2.75, 3.05) is 13.2 Å². The zero-order valence-corrected chi connectivity index (χ0v) is 32.8. The number of ether oxygens (including phenoxy) is 3. The Kier molecular flexibility index (Phi) is 11.8. The number of amides is 3. The highest BCUT2D eigenvalue weighted by Gasteiger charge is 2.62. The summed E-state index contributed by atoms with van der Waals surface area (Å²) in [5.74, 6) is -1.30. The average molecular weight is 792 g/mol.